The molecule has 0 aliphatic rings. The summed E-state index contributed by atoms with van der Waals surface area (Å²) in [5, 5.41) is 12.1. The topological polar surface area (TPSA) is 78.1 Å². The summed E-state index contributed by atoms with van der Waals surface area (Å²) >= 11 is 0. The van der Waals surface area contributed by atoms with Gasteiger partial charge in [0.2, 0.25) is 10.0 Å². The lowest BCUT2D eigenvalue weighted by atomic mass is 10.3. The fourth-order valence-corrected chi connectivity index (χ4v) is 2.94. The molecule has 0 saturated carbocycles. The number of rotatable bonds is 8. The van der Waals surface area contributed by atoms with Gasteiger partial charge in [0, 0.05) is 32.9 Å². The van der Waals surface area contributed by atoms with Gasteiger partial charge in [-0.1, -0.05) is 6.92 Å². The Balaban J connectivity index is 2.30. The Morgan fingerprint density at radius 1 is 1.50 bits per heavy atom. The second-order valence-electron chi connectivity index (χ2n) is 4.74. The predicted octanol–water partition coefficient (Wildman–Crippen LogP) is 0.658. The van der Waals surface area contributed by atoms with E-state index < -0.39 is 10.0 Å². The predicted molar refractivity (Wildman–Crippen MR) is 78.5 cm³/mol. The average Bonchev–Trinajstić information content (AvgIpc) is 2.72. The zero-order valence-corrected chi connectivity index (χ0v) is 13.1. The number of sulfonamides is 1. The molecule has 0 aliphatic heterocycles. The van der Waals surface area contributed by atoms with Crippen molar-refractivity contribution in [3.05, 3.63) is 23.5 Å². The van der Waals surface area contributed by atoms with Crippen molar-refractivity contribution in [3.8, 4) is 6.07 Å². The van der Waals surface area contributed by atoms with Gasteiger partial charge >= 0.3 is 0 Å². The molecule has 112 valence electrons. The summed E-state index contributed by atoms with van der Waals surface area (Å²) in [6.45, 7) is 4.29. The minimum Gasteiger partial charge on any atom is -0.342 e. The van der Waals surface area contributed by atoms with Crippen LogP contribution in [0.3, 0.4) is 0 Å². The van der Waals surface area contributed by atoms with E-state index in [0.29, 0.717) is 25.3 Å². The van der Waals surface area contributed by atoms with Crippen LogP contribution in [-0.4, -0.2) is 43.2 Å². The van der Waals surface area contributed by atoms with Crippen LogP contribution in [0, 0.1) is 11.3 Å². The van der Waals surface area contributed by atoms with Crippen LogP contribution in [0.5, 0.6) is 0 Å². The molecule has 1 heterocycles. The average molecular weight is 298 g/mol. The molecule has 0 amide bonds. The smallest absolute Gasteiger partial charge is 0.211 e. The first-order valence-corrected chi connectivity index (χ1v) is 8.44. The van der Waals surface area contributed by atoms with E-state index in [1.807, 2.05) is 26.2 Å². The van der Waals surface area contributed by atoms with Crippen molar-refractivity contribution in [2.45, 2.75) is 19.9 Å². The molecule has 1 N–H and O–H groups in total. The highest BCUT2D eigenvalue weighted by atomic mass is 32.2. The Morgan fingerprint density at radius 2 is 2.20 bits per heavy atom. The highest BCUT2D eigenvalue weighted by Gasteiger charge is 2.12. The molecule has 1 aromatic rings. The third kappa shape index (κ3) is 4.96. The summed E-state index contributed by atoms with van der Waals surface area (Å²) in [7, 11) is -1.25. The van der Waals surface area contributed by atoms with Gasteiger partial charge in [0.25, 0.3) is 0 Å². The molecule has 0 bridgehead atoms. The van der Waals surface area contributed by atoms with Crippen molar-refractivity contribution < 1.29 is 8.42 Å². The molecule has 0 saturated heterocycles. The summed E-state index contributed by atoms with van der Waals surface area (Å²) in [4.78, 5) is 0. The van der Waals surface area contributed by atoms with Crippen molar-refractivity contribution in [3.63, 3.8) is 0 Å². The number of aryl methyl sites for hydroxylation is 1. The van der Waals surface area contributed by atoms with Gasteiger partial charge in [0.15, 0.2) is 0 Å². The Hall–Kier alpha value is -1.36. The third-order valence-electron chi connectivity index (χ3n) is 3.09. The van der Waals surface area contributed by atoms with Gasteiger partial charge in [-0.15, -0.1) is 0 Å². The van der Waals surface area contributed by atoms with E-state index in [-0.39, 0.29) is 0 Å². The minimum atomic E-state index is -3.09. The second kappa shape index (κ2) is 7.43. The zero-order valence-electron chi connectivity index (χ0n) is 12.3. The van der Waals surface area contributed by atoms with Crippen molar-refractivity contribution >= 4 is 10.0 Å². The van der Waals surface area contributed by atoms with Crippen molar-refractivity contribution in [2.75, 3.05) is 25.9 Å². The first kappa shape index (κ1) is 16.7. The lowest BCUT2D eigenvalue weighted by Gasteiger charge is -2.17. The van der Waals surface area contributed by atoms with Crippen LogP contribution >= 0.6 is 0 Å². The summed E-state index contributed by atoms with van der Waals surface area (Å²) < 4.78 is 26.0. The highest BCUT2D eigenvalue weighted by molar-refractivity contribution is 7.88. The summed E-state index contributed by atoms with van der Waals surface area (Å²) in [5.41, 5.74) is 1.69. The van der Waals surface area contributed by atoms with E-state index >= 15 is 0 Å². The quantitative estimate of drug-likeness (QED) is 0.715. The van der Waals surface area contributed by atoms with Gasteiger partial charge in [0.05, 0.1) is 6.26 Å². The fourth-order valence-electron chi connectivity index (χ4n) is 2.01. The molecule has 20 heavy (non-hydrogen) atoms. The van der Waals surface area contributed by atoms with Gasteiger partial charge in [0.1, 0.15) is 11.8 Å². The molecule has 0 fully saturated rings. The molecule has 0 aromatic carbocycles. The number of nitriles is 1. The van der Waals surface area contributed by atoms with Gasteiger partial charge < -0.3 is 9.88 Å². The SMILES string of the molecule is CCN(CCCNCc1cc(C#N)n(C)c1)S(C)(=O)=O. The lowest BCUT2D eigenvalue weighted by Crippen LogP contribution is -2.32. The first-order chi connectivity index (χ1) is 9.38. The maximum absolute atomic E-state index is 11.4. The molecule has 0 aliphatic carbocycles. The number of nitrogens with one attached hydrogen (secondary N) is 1. The van der Waals surface area contributed by atoms with E-state index in [1.165, 1.54) is 10.6 Å². The van der Waals surface area contributed by atoms with Gasteiger partial charge in [-0.25, -0.2) is 12.7 Å². The number of hydrogen-bond acceptors (Lipinski definition) is 4. The van der Waals surface area contributed by atoms with E-state index in [9.17, 15) is 8.42 Å². The minimum absolute atomic E-state index is 0.503. The molecule has 0 radical (unpaired) electrons. The fraction of sp³-hybridized carbons (Fsp3) is 0.615. The summed E-state index contributed by atoms with van der Waals surface area (Å²) in [6, 6.07) is 3.97. The van der Waals surface area contributed by atoms with Crippen LogP contribution in [0.25, 0.3) is 0 Å². The first-order valence-electron chi connectivity index (χ1n) is 6.59. The largest absolute Gasteiger partial charge is 0.342 e. The molecule has 7 heteroatoms. The molecular formula is C13H22N4O2S. The van der Waals surface area contributed by atoms with Crippen molar-refractivity contribution in [1.29, 1.82) is 5.26 Å². The summed E-state index contributed by atoms with van der Waals surface area (Å²) in [5.74, 6) is 0. The molecule has 1 aromatic heterocycles. The third-order valence-corrected chi connectivity index (χ3v) is 4.47. The number of nitrogens with zero attached hydrogens (tertiary/aromatic N) is 3. The molecule has 6 nitrogen and oxygen atoms in total. The molecule has 0 atom stereocenters. The van der Waals surface area contributed by atoms with Crippen LogP contribution in [0.2, 0.25) is 0 Å². The molecule has 0 spiro atoms. The highest BCUT2D eigenvalue weighted by Crippen LogP contribution is 2.05. The lowest BCUT2D eigenvalue weighted by molar-refractivity contribution is 0.419. The van der Waals surface area contributed by atoms with Gasteiger partial charge in [-0.2, -0.15) is 5.26 Å². The van der Waals surface area contributed by atoms with Crippen LogP contribution in [0.1, 0.15) is 24.6 Å². The Bertz CT molecular complexity index is 572. The Morgan fingerprint density at radius 3 is 2.70 bits per heavy atom. The van der Waals surface area contributed by atoms with Gasteiger partial charge in [-0.05, 0) is 24.6 Å². The van der Waals surface area contributed by atoms with E-state index in [1.54, 1.807) is 4.57 Å². The molecule has 1 rings (SSSR count). The number of hydrogen-bond donors (Lipinski definition) is 1. The maximum atomic E-state index is 11.4. The standard InChI is InChI=1S/C13H22N4O2S/c1-4-17(20(3,18)19)7-5-6-15-10-12-8-13(9-14)16(2)11-12/h8,11,15H,4-7,10H2,1-3H3. The normalized spacial score (nSPS) is 11.8. The van der Waals surface area contributed by atoms with Crippen LogP contribution < -0.4 is 5.32 Å². The van der Waals surface area contributed by atoms with Crippen molar-refractivity contribution in [2.24, 2.45) is 7.05 Å². The number of aromatic nitrogens is 1. The van der Waals surface area contributed by atoms with E-state index in [4.69, 9.17) is 5.26 Å². The maximum Gasteiger partial charge on any atom is 0.211 e. The van der Waals surface area contributed by atoms with Crippen LogP contribution in [0.15, 0.2) is 12.3 Å². The zero-order chi connectivity index (χ0) is 15.2. The van der Waals surface area contributed by atoms with Crippen molar-refractivity contribution in [1.82, 2.24) is 14.2 Å². The van der Waals surface area contributed by atoms with E-state index in [0.717, 1.165) is 18.5 Å². The van der Waals surface area contributed by atoms with Gasteiger partial charge in [-0.3, -0.25) is 0 Å². The van der Waals surface area contributed by atoms with Crippen LogP contribution in [-0.2, 0) is 23.6 Å². The summed E-state index contributed by atoms with van der Waals surface area (Å²) in [6.07, 6.45) is 3.91. The van der Waals surface area contributed by atoms with E-state index in [2.05, 4.69) is 11.4 Å². The monoisotopic (exact) mass is 298 g/mol. The molecule has 0 unspecified atom stereocenters. The second-order valence-corrected chi connectivity index (χ2v) is 6.72. The van der Waals surface area contributed by atoms with Crippen LogP contribution in [0.4, 0.5) is 0 Å². The Labute approximate surface area is 121 Å². The Kier molecular flexibility index (Phi) is 6.20. The molecular weight excluding hydrogens is 276 g/mol.